The van der Waals surface area contributed by atoms with Crippen molar-refractivity contribution in [3.8, 4) is 11.1 Å². The van der Waals surface area contributed by atoms with Gasteiger partial charge in [-0.05, 0) is 56.0 Å². The van der Waals surface area contributed by atoms with Crippen molar-refractivity contribution >= 4 is 28.6 Å². The number of carboxylic acid groups (broad SMARTS) is 1. The monoisotopic (exact) mass is 474 g/mol. The average molecular weight is 475 g/mol. The molecule has 1 aliphatic carbocycles. The molecule has 1 fully saturated rings. The molecule has 1 saturated carbocycles. The fraction of sp³-hybridized carbons (Fsp3) is 0.222. The molecule has 0 spiro atoms. The van der Waals surface area contributed by atoms with E-state index in [-0.39, 0.29) is 17.0 Å². The molecule has 1 aliphatic rings. The molecule has 0 amide bonds. The first-order chi connectivity index (χ1) is 16.3. The first-order valence-electron chi connectivity index (χ1n) is 11.1. The van der Waals surface area contributed by atoms with E-state index in [0.29, 0.717) is 27.3 Å². The van der Waals surface area contributed by atoms with Gasteiger partial charge < -0.3 is 9.67 Å². The lowest BCUT2D eigenvalue weighted by Crippen LogP contribution is -2.19. The molecule has 4 aromatic rings. The van der Waals surface area contributed by atoms with Crippen LogP contribution < -0.4 is 5.43 Å². The minimum atomic E-state index is -1.30. The van der Waals surface area contributed by atoms with Gasteiger partial charge in [0, 0.05) is 39.8 Å². The van der Waals surface area contributed by atoms with Crippen LogP contribution in [-0.2, 0) is 5.75 Å². The maximum absolute atomic E-state index is 15.8. The Bertz CT molecular complexity index is 1470. The molecule has 5 nitrogen and oxygen atoms in total. The predicted molar refractivity (Wildman–Crippen MR) is 132 cm³/mol. The number of fused-ring (bicyclic) bond motifs is 1. The van der Waals surface area contributed by atoms with Crippen molar-refractivity contribution in [1.82, 2.24) is 9.55 Å². The van der Waals surface area contributed by atoms with Crippen LogP contribution in [0, 0.1) is 19.7 Å². The third kappa shape index (κ3) is 4.12. The van der Waals surface area contributed by atoms with Gasteiger partial charge in [0.25, 0.3) is 0 Å². The second-order valence-electron chi connectivity index (χ2n) is 8.69. The first-order valence-corrected chi connectivity index (χ1v) is 12.1. The van der Waals surface area contributed by atoms with Gasteiger partial charge in [-0.2, -0.15) is 0 Å². The summed E-state index contributed by atoms with van der Waals surface area (Å²) < 4.78 is 17.7. The molecule has 2 aromatic carbocycles. The number of hydrogen-bond donors (Lipinski definition) is 1. The normalized spacial score (nSPS) is 13.4. The third-order valence-electron chi connectivity index (χ3n) is 5.99. The van der Waals surface area contributed by atoms with E-state index < -0.39 is 17.2 Å². The number of aromatic nitrogens is 2. The number of rotatable bonds is 6. The van der Waals surface area contributed by atoms with Gasteiger partial charge in [0.2, 0.25) is 5.43 Å². The summed E-state index contributed by atoms with van der Waals surface area (Å²) in [6.07, 6.45) is 3.21. The molecule has 0 radical (unpaired) electrons. The molecule has 0 atom stereocenters. The number of benzene rings is 2. The van der Waals surface area contributed by atoms with Crippen LogP contribution >= 0.6 is 11.8 Å². The number of carboxylic acids is 1. The zero-order valence-corrected chi connectivity index (χ0v) is 19.7. The van der Waals surface area contributed by atoms with Gasteiger partial charge in [-0.15, -0.1) is 11.8 Å². The Hall–Kier alpha value is -3.45. The fourth-order valence-electron chi connectivity index (χ4n) is 4.36. The van der Waals surface area contributed by atoms with Gasteiger partial charge in [-0.1, -0.05) is 30.3 Å². The highest BCUT2D eigenvalue weighted by molar-refractivity contribution is 7.98. The Kier molecular flexibility index (Phi) is 5.73. The van der Waals surface area contributed by atoms with Crippen molar-refractivity contribution in [2.75, 3.05) is 0 Å². The first kappa shape index (κ1) is 22.3. The molecule has 0 saturated heterocycles. The number of nitrogens with zero attached hydrogens (tertiary/aromatic N) is 2. The summed E-state index contributed by atoms with van der Waals surface area (Å²) in [6, 6.07) is 14.8. The number of pyridine rings is 2. The minimum absolute atomic E-state index is 0.0940. The van der Waals surface area contributed by atoms with E-state index in [4.69, 9.17) is 0 Å². The molecule has 0 bridgehead atoms. The number of thioether (sulfide) groups is 1. The zero-order valence-electron chi connectivity index (χ0n) is 18.8. The summed E-state index contributed by atoms with van der Waals surface area (Å²) in [4.78, 5) is 30.0. The molecular formula is C27H23FN2O3S. The number of carbonyl (C=O) groups is 1. The van der Waals surface area contributed by atoms with E-state index >= 15 is 4.39 Å². The minimum Gasteiger partial charge on any atom is -0.477 e. The molecule has 7 heteroatoms. The fourth-order valence-corrected chi connectivity index (χ4v) is 5.58. The molecular weight excluding hydrogens is 451 g/mol. The maximum atomic E-state index is 15.8. The van der Waals surface area contributed by atoms with E-state index in [1.54, 1.807) is 0 Å². The summed E-state index contributed by atoms with van der Waals surface area (Å²) in [5, 5.41) is 9.72. The zero-order chi connectivity index (χ0) is 24.0. The van der Waals surface area contributed by atoms with Crippen molar-refractivity contribution in [3.63, 3.8) is 0 Å². The van der Waals surface area contributed by atoms with E-state index in [1.807, 2.05) is 60.9 Å². The molecule has 2 aromatic heterocycles. The van der Waals surface area contributed by atoms with Crippen molar-refractivity contribution in [2.24, 2.45) is 0 Å². The lowest BCUT2D eigenvalue weighted by molar-refractivity contribution is 0.0695. The summed E-state index contributed by atoms with van der Waals surface area (Å²) in [7, 11) is 0. The topological polar surface area (TPSA) is 72.2 Å². The molecule has 34 heavy (non-hydrogen) atoms. The Morgan fingerprint density at radius 2 is 1.82 bits per heavy atom. The highest BCUT2D eigenvalue weighted by Crippen LogP contribution is 2.44. The summed E-state index contributed by atoms with van der Waals surface area (Å²) in [5.41, 5.74) is 3.33. The van der Waals surface area contributed by atoms with E-state index in [2.05, 4.69) is 4.98 Å². The number of halogens is 1. The Morgan fingerprint density at radius 3 is 2.44 bits per heavy atom. The van der Waals surface area contributed by atoms with Crippen LogP contribution in [0.25, 0.3) is 22.0 Å². The van der Waals surface area contributed by atoms with Gasteiger partial charge in [0.05, 0.1) is 10.9 Å². The van der Waals surface area contributed by atoms with Crippen LogP contribution in [0.1, 0.15) is 46.2 Å². The number of hydrogen-bond acceptors (Lipinski definition) is 4. The highest BCUT2D eigenvalue weighted by Gasteiger charge is 2.30. The van der Waals surface area contributed by atoms with E-state index in [9.17, 15) is 14.7 Å². The van der Waals surface area contributed by atoms with E-state index in [1.165, 1.54) is 24.0 Å². The molecule has 2 heterocycles. The second-order valence-corrected chi connectivity index (χ2v) is 9.67. The Balaban J connectivity index is 1.84. The van der Waals surface area contributed by atoms with Crippen LogP contribution in [0.15, 0.2) is 64.4 Å². The highest BCUT2D eigenvalue weighted by atomic mass is 32.2. The SMILES string of the molecule is Cc1cc(-c2c(F)cc3c(=O)c(C(=O)O)cn(C4CC4)c3c2SCc2ccccc2)cc(C)n1. The van der Waals surface area contributed by atoms with Gasteiger partial charge in [0.1, 0.15) is 11.4 Å². The number of aryl methyl sites for hydroxylation is 2. The summed E-state index contributed by atoms with van der Waals surface area (Å²) in [5.74, 6) is -1.27. The number of aromatic carboxylic acids is 1. The lowest BCUT2D eigenvalue weighted by Gasteiger charge is -2.19. The largest absolute Gasteiger partial charge is 0.477 e. The van der Waals surface area contributed by atoms with Crippen LogP contribution in [-0.4, -0.2) is 20.6 Å². The third-order valence-corrected chi connectivity index (χ3v) is 7.15. The van der Waals surface area contributed by atoms with Crippen molar-refractivity contribution in [2.45, 2.75) is 43.4 Å². The van der Waals surface area contributed by atoms with E-state index in [0.717, 1.165) is 29.8 Å². The smallest absolute Gasteiger partial charge is 0.341 e. The predicted octanol–water partition coefficient (Wildman–Crippen LogP) is 6.14. The van der Waals surface area contributed by atoms with Crippen LogP contribution in [0.5, 0.6) is 0 Å². The standard InChI is InChI=1S/C27H23FN2O3S/c1-15-10-18(11-16(2)29-15)23-22(28)12-20-24(26(23)34-14-17-6-4-3-5-7-17)30(19-8-9-19)13-21(25(20)31)27(32)33/h3-7,10-13,19H,8-9,14H2,1-2H3,(H,32,33). The van der Waals surface area contributed by atoms with Crippen LogP contribution in [0.4, 0.5) is 4.39 Å². The molecule has 1 N–H and O–H groups in total. The summed E-state index contributed by atoms with van der Waals surface area (Å²) >= 11 is 1.47. The van der Waals surface area contributed by atoms with Gasteiger partial charge in [0.15, 0.2) is 0 Å². The van der Waals surface area contributed by atoms with Crippen LogP contribution in [0.2, 0.25) is 0 Å². The summed E-state index contributed by atoms with van der Waals surface area (Å²) in [6.45, 7) is 3.73. The molecule has 0 aliphatic heterocycles. The van der Waals surface area contributed by atoms with Crippen molar-refractivity contribution in [1.29, 1.82) is 0 Å². The second kappa shape index (κ2) is 8.72. The average Bonchev–Trinajstić information content (AvgIpc) is 3.63. The quantitative estimate of drug-likeness (QED) is 0.340. The van der Waals surface area contributed by atoms with Crippen LogP contribution in [0.3, 0.4) is 0 Å². The lowest BCUT2D eigenvalue weighted by atomic mass is 10.0. The molecule has 5 rings (SSSR count). The Labute approximate surface area is 200 Å². The molecule has 0 unspecified atom stereocenters. The Morgan fingerprint density at radius 1 is 1.15 bits per heavy atom. The van der Waals surface area contributed by atoms with Gasteiger partial charge in [-0.25, -0.2) is 9.18 Å². The molecule has 172 valence electrons. The van der Waals surface area contributed by atoms with Gasteiger partial charge >= 0.3 is 5.97 Å². The van der Waals surface area contributed by atoms with Crippen molar-refractivity contribution in [3.05, 3.63) is 93.3 Å². The maximum Gasteiger partial charge on any atom is 0.341 e. The van der Waals surface area contributed by atoms with Gasteiger partial charge in [-0.3, -0.25) is 9.78 Å². The van der Waals surface area contributed by atoms with Crippen molar-refractivity contribution < 1.29 is 14.3 Å².